The van der Waals surface area contributed by atoms with Gasteiger partial charge in [0.15, 0.2) is 0 Å². The van der Waals surface area contributed by atoms with Crippen molar-refractivity contribution in [2.45, 2.75) is 39.7 Å². The molecule has 1 aromatic carbocycles. The van der Waals surface area contributed by atoms with Gasteiger partial charge in [0.1, 0.15) is 23.1 Å². The molecule has 5 heteroatoms. The van der Waals surface area contributed by atoms with Crippen molar-refractivity contribution in [3.05, 3.63) is 28.5 Å². The quantitative estimate of drug-likeness (QED) is 0.866. The van der Waals surface area contributed by atoms with E-state index in [1.54, 1.807) is 7.11 Å². The van der Waals surface area contributed by atoms with E-state index in [1.807, 2.05) is 18.2 Å². The van der Waals surface area contributed by atoms with Crippen LogP contribution in [0.15, 0.2) is 22.7 Å². The van der Waals surface area contributed by atoms with Crippen LogP contribution in [0.1, 0.15) is 38.9 Å². The summed E-state index contributed by atoms with van der Waals surface area (Å²) in [6.45, 7) is 7.32. The second-order valence-corrected chi connectivity index (χ2v) is 6.21. The van der Waals surface area contributed by atoms with Gasteiger partial charge in [0.05, 0.1) is 11.6 Å². The highest BCUT2D eigenvalue weighted by Gasteiger charge is 2.18. The molecule has 0 radical (unpaired) electrons. The number of halogens is 1. The minimum atomic E-state index is 0.342. The Morgan fingerprint density at radius 1 is 1.38 bits per heavy atom. The number of imidazole rings is 1. The zero-order valence-corrected chi connectivity index (χ0v) is 14.6. The Morgan fingerprint density at radius 2 is 2.10 bits per heavy atom. The molecule has 2 rings (SSSR count). The molecule has 0 bridgehead atoms. The second kappa shape index (κ2) is 6.52. The third-order valence-corrected chi connectivity index (χ3v) is 4.04. The third-order valence-electron chi connectivity index (χ3n) is 3.43. The number of methoxy groups -OCH3 is 1. The van der Waals surface area contributed by atoms with Crippen LogP contribution in [0, 0.1) is 0 Å². The van der Waals surface area contributed by atoms with Gasteiger partial charge in [-0.1, -0.05) is 20.8 Å². The van der Waals surface area contributed by atoms with Gasteiger partial charge < -0.3 is 15.0 Å². The maximum atomic E-state index is 6.33. The fourth-order valence-electron chi connectivity index (χ4n) is 2.41. The summed E-state index contributed by atoms with van der Waals surface area (Å²) in [6, 6.07) is 5.91. The standard InChI is InChI=1S/C16H22BrN3O/c1-5-8-20-15(18)14(19-16(20)10(2)3)11-6-7-13(21-4)12(17)9-11/h6-7,9-10H,5,8,18H2,1-4H3. The molecule has 0 atom stereocenters. The summed E-state index contributed by atoms with van der Waals surface area (Å²) in [5.41, 5.74) is 8.17. The molecule has 0 aliphatic heterocycles. The number of nitrogens with zero attached hydrogens (tertiary/aromatic N) is 2. The predicted molar refractivity (Wildman–Crippen MR) is 90.7 cm³/mol. The molecule has 0 saturated carbocycles. The highest BCUT2D eigenvalue weighted by atomic mass is 79.9. The zero-order valence-electron chi connectivity index (χ0n) is 13.0. The summed E-state index contributed by atoms with van der Waals surface area (Å²) in [4.78, 5) is 4.77. The predicted octanol–water partition coefficient (Wildman–Crippen LogP) is 4.44. The van der Waals surface area contributed by atoms with Gasteiger partial charge in [0.2, 0.25) is 0 Å². The van der Waals surface area contributed by atoms with E-state index >= 15 is 0 Å². The topological polar surface area (TPSA) is 53.1 Å². The molecule has 0 saturated heterocycles. The second-order valence-electron chi connectivity index (χ2n) is 5.36. The highest BCUT2D eigenvalue weighted by Crippen LogP contribution is 2.34. The Labute approximate surface area is 134 Å². The fourth-order valence-corrected chi connectivity index (χ4v) is 2.95. The summed E-state index contributed by atoms with van der Waals surface area (Å²) in [5, 5.41) is 0. The minimum absolute atomic E-state index is 0.342. The number of hydrogen-bond donors (Lipinski definition) is 1. The summed E-state index contributed by atoms with van der Waals surface area (Å²) >= 11 is 3.51. The number of aromatic nitrogens is 2. The molecule has 2 N–H and O–H groups in total. The molecule has 0 aliphatic rings. The number of benzene rings is 1. The van der Waals surface area contributed by atoms with Gasteiger partial charge in [-0.25, -0.2) is 4.98 Å². The normalized spacial score (nSPS) is 11.1. The Morgan fingerprint density at radius 3 is 2.62 bits per heavy atom. The maximum absolute atomic E-state index is 6.33. The van der Waals surface area contributed by atoms with Gasteiger partial charge >= 0.3 is 0 Å². The number of anilines is 1. The van der Waals surface area contributed by atoms with Crippen LogP contribution in [0.2, 0.25) is 0 Å². The van der Waals surface area contributed by atoms with E-state index in [4.69, 9.17) is 15.5 Å². The van der Waals surface area contributed by atoms with Crippen LogP contribution < -0.4 is 10.5 Å². The molecule has 114 valence electrons. The van der Waals surface area contributed by atoms with E-state index in [1.165, 1.54) is 0 Å². The number of ether oxygens (including phenoxy) is 1. The van der Waals surface area contributed by atoms with Gasteiger partial charge in [0.25, 0.3) is 0 Å². The van der Waals surface area contributed by atoms with E-state index in [9.17, 15) is 0 Å². The van der Waals surface area contributed by atoms with Crippen molar-refractivity contribution < 1.29 is 4.74 Å². The summed E-state index contributed by atoms with van der Waals surface area (Å²) < 4.78 is 8.29. The van der Waals surface area contributed by atoms with Crippen LogP contribution in [-0.2, 0) is 6.54 Å². The molecule has 4 nitrogen and oxygen atoms in total. The first-order valence-corrected chi connectivity index (χ1v) is 7.98. The van der Waals surface area contributed by atoms with Crippen LogP contribution in [-0.4, -0.2) is 16.7 Å². The average molecular weight is 352 g/mol. The fraction of sp³-hybridized carbons (Fsp3) is 0.438. The lowest BCUT2D eigenvalue weighted by molar-refractivity contribution is 0.412. The largest absolute Gasteiger partial charge is 0.496 e. The van der Waals surface area contributed by atoms with Gasteiger partial charge in [-0.05, 0) is 40.5 Å². The lowest BCUT2D eigenvalue weighted by atomic mass is 10.1. The summed E-state index contributed by atoms with van der Waals surface area (Å²) in [7, 11) is 1.65. The van der Waals surface area contributed by atoms with E-state index in [0.29, 0.717) is 5.92 Å². The number of rotatable bonds is 5. The van der Waals surface area contributed by atoms with Crippen LogP contribution in [0.3, 0.4) is 0 Å². The first-order valence-electron chi connectivity index (χ1n) is 7.19. The van der Waals surface area contributed by atoms with Gasteiger partial charge in [-0.2, -0.15) is 0 Å². The van der Waals surface area contributed by atoms with E-state index < -0.39 is 0 Å². The van der Waals surface area contributed by atoms with Gasteiger partial charge in [0, 0.05) is 18.0 Å². The summed E-state index contributed by atoms with van der Waals surface area (Å²) in [6.07, 6.45) is 1.03. The lowest BCUT2D eigenvalue weighted by Gasteiger charge is -2.10. The SMILES string of the molecule is CCCn1c(C(C)C)nc(-c2ccc(OC)c(Br)c2)c1N. The smallest absolute Gasteiger partial charge is 0.133 e. The molecule has 0 aliphatic carbocycles. The molecular weight excluding hydrogens is 330 g/mol. The molecular formula is C16H22BrN3O. The van der Waals surface area contributed by atoms with Crippen LogP contribution in [0.25, 0.3) is 11.3 Å². The van der Waals surface area contributed by atoms with Crippen molar-refractivity contribution in [2.75, 3.05) is 12.8 Å². The lowest BCUT2D eigenvalue weighted by Crippen LogP contribution is -2.08. The highest BCUT2D eigenvalue weighted by molar-refractivity contribution is 9.10. The van der Waals surface area contributed by atoms with Gasteiger partial charge in [-0.15, -0.1) is 0 Å². The molecule has 1 aromatic heterocycles. The number of nitrogen functional groups attached to an aromatic ring is 1. The van der Waals surface area contributed by atoms with Gasteiger partial charge in [-0.3, -0.25) is 0 Å². The van der Waals surface area contributed by atoms with Crippen molar-refractivity contribution in [1.29, 1.82) is 0 Å². The maximum Gasteiger partial charge on any atom is 0.133 e. The molecule has 0 amide bonds. The number of hydrogen-bond acceptors (Lipinski definition) is 3. The Bertz CT molecular complexity index is 635. The van der Waals surface area contributed by atoms with E-state index in [0.717, 1.165) is 46.1 Å². The van der Waals surface area contributed by atoms with Crippen molar-refractivity contribution >= 4 is 21.7 Å². The Hall–Kier alpha value is -1.49. The zero-order chi connectivity index (χ0) is 15.6. The van der Waals surface area contributed by atoms with Crippen molar-refractivity contribution in [3.63, 3.8) is 0 Å². The summed E-state index contributed by atoms with van der Waals surface area (Å²) in [5.74, 6) is 2.91. The molecule has 21 heavy (non-hydrogen) atoms. The Kier molecular flexibility index (Phi) is 4.93. The van der Waals surface area contributed by atoms with Crippen molar-refractivity contribution in [1.82, 2.24) is 9.55 Å². The Balaban J connectivity index is 2.53. The molecule has 1 heterocycles. The van der Waals surface area contributed by atoms with Crippen LogP contribution in [0.5, 0.6) is 5.75 Å². The third kappa shape index (κ3) is 3.07. The van der Waals surface area contributed by atoms with Crippen molar-refractivity contribution in [2.24, 2.45) is 0 Å². The molecule has 2 aromatic rings. The molecule has 0 spiro atoms. The average Bonchev–Trinajstić information content (AvgIpc) is 2.77. The molecule has 0 unspecified atom stereocenters. The van der Waals surface area contributed by atoms with E-state index in [-0.39, 0.29) is 0 Å². The van der Waals surface area contributed by atoms with Crippen molar-refractivity contribution in [3.8, 4) is 17.0 Å². The molecule has 0 fully saturated rings. The monoisotopic (exact) mass is 351 g/mol. The van der Waals surface area contributed by atoms with Crippen LogP contribution >= 0.6 is 15.9 Å². The minimum Gasteiger partial charge on any atom is -0.496 e. The first-order chi connectivity index (χ1) is 9.99. The van der Waals surface area contributed by atoms with Crippen LogP contribution in [0.4, 0.5) is 5.82 Å². The van der Waals surface area contributed by atoms with E-state index in [2.05, 4.69) is 41.3 Å². The number of nitrogens with two attached hydrogens (primary N) is 1. The first kappa shape index (κ1) is 15.9.